The van der Waals surface area contributed by atoms with Gasteiger partial charge >= 0.3 is 6.03 Å². The van der Waals surface area contributed by atoms with Crippen LogP contribution in [0.2, 0.25) is 0 Å². The van der Waals surface area contributed by atoms with Crippen LogP contribution < -0.4 is 19.7 Å². The van der Waals surface area contributed by atoms with Gasteiger partial charge in [-0.1, -0.05) is 24.3 Å². The van der Waals surface area contributed by atoms with Gasteiger partial charge in [0.1, 0.15) is 23.6 Å². The Morgan fingerprint density at radius 3 is 2.57 bits per heavy atom. The highest BCUT2D eigenvalue weighted by Gasteiger charge is 2.24. The van der Waals surface area contributed by atoms with Gasteiger partial charge in [-0.25, -0.2) is 9.78 Å². The Balaban J connectivity index is 1.40. The molecule has 0 aliphatic carbocycles. The maximum Gasteiger partial charge on any atom is 0.322 e. The molecule has 2 amide bonds. The summed E-state index contributed by atoms with van der Waals surface area (Å²) < 4.78 is 12.4. The normalized spacial score (nSPS) is 14.0. The molecule has 10 nitrogen and oxygen atoms in total. The molecule has 0 radical (unpaired) electrons. The predicted molar refractivity (Wildman–Crippen MR) is 133 cm³/mol. The minimum Gasteiger partial charge on any atom is -0.497 e. The van der Waals surface area contributed by atoms with Gasteiger partial charge in [0, 0.05) is 37.9 Å². The van der Waals surface area contributed by atoms with Crippen molar-refractivity contribution in [2.24, 2.45) is 0 Å². The highest BCUT2D eigenvalue weighted by Crippen LogP contribution is 2.32. The first-order valence-corrected chi connectivity index (χ1v) is 11.4. The Kier molecular flexibility index (Phi) is 6.34. The number of methoxy groups -OCH3 is 2. The molecule has 0 saturated carbocycles. The van der Waals surface area contributed by atoms with Crippen LogP contribution >= 0.6 is 0 Å². The van der Waals surface area contributed by atoms with E-state index >= 15 is 0 Å². The van der Waals surface area contributed by atoms with Gasteiger partial charge in [-0.3, -0.25) is 0 Å². The van der Waals surface area contributed by atoms with E-state index in [-0.39, 0.29) is 6.03 Å². The average molecular weight is 474 g/mol. The van der Waals surface area contributed by atoms with E-state index in [9.17, 15) is 4.79 Å². The van der Waals surface area contributed by atoms with Gasteiger partial charge in [0.15, 0.2) is 0 Å². The number of amides is 2. The quantitative estimate of drug-likeness (QED) is 0.473. The van der Waals surface area contributed by atoms with E-state index in [1.807, 2.05) is 59.6 Å². The van der Waals surface area contributed by atoms with E-state index in [1.54, 1.807) is 18.7 Å². The number of ether oxygens (including phenoxy) is 2. The van der Waals surface area contributed by atoms with Crippen LogP contribution in [0.5, 0.6) is 11.5 Å². The van der Waals surface area contributed by atoms with Crippen molar-refractivity contribution in [3.63, 3.8) is 0 Å². The number of para-hydroxylation sites is 2. The number of fused-ring (bicyclic) bond motifs is 1. The van der Waals surface area contributed by atoms with Crippen molar-refractivity contribution in [3.8, 4) is 22.6 Å². The molecule has 4 aromatic rings. The zero-order chi connectivity index (χ0) is 24.2. The van der Waals surface area contributed by atoms with Crippen molar-refractivity contribution >= 4 is 23.3 Å². The van der Waals surface area contributed by atoms with Crippen molar-refractivity contribution in [1.29, 1.82) is 0 Å². The fourth-order valence-electron chi connectivity index (χ4n) is 4.32. The summed E-state index contributed by atoms with van der Waals surface area (Å²) in [5, 5.41) is 7.42. The summed E-state index contributed by atoms with van der Waals surface area (Å²) in [6, 6.07) is 15.1. The minimum atomic E-state index is -0.146. The fourth-order valence-corrected chi connectivity index (χ4v) is 4.32. The van der Waals surface area contributed by atoms with E-state index in [4.69, 9.17) is 9.47 Å². The zero-order valence-corrected chi connectivity index (χ0v) is 19.7. The second kappa shape index (κ2) is 9.88. The second-order valence-electron chi connectivity index (χ2n) is 8.15. The third-order valence-electron chi connectivity index (χ3n) is 6.11. The molecular weight excluding hydrogens is 446 g/mol. The number of benzene rings is 2. The van der Waals surface area contributed by atoms with Gasteiger partial charge in [0.2, 0.25) is 0 Å². The maximum absolute atomic E-state index is 13.0. The summed E-state index contributed by atoms with van der Waals surface area (Å²) in [7, 11) is 3.24. The number of rotatable bonds is 5. The van der Waals surface area contributed by atoms with E-state index < -0.39 is 0 Å². The van der Waals surface area contributed by atoms with Crippen LogP contribution in [0.1, 0.15) is 6.42 Å². The molecule has 0 spiro atoms. The summed E-state index contributed by atoms with van der Waals surface area (Å²) in [5.41, 5.74) is 2.60. The van der Waals surface area contributed by atoms with Crippen LogP contribution in [0.4, 0.5) is 16.3 Å². The smallest absolute Gasteiger partial charge is 0.322 e. The van der Waals surface area contributed by atoms with Crippen LogP contribution in [0.25, 0.3) is 16.9 Å². The van der Waals surface area contributed by atoms with Gasteiger partial charge in [-0.05, 0) is 36.2 Å². The Hall–Kier alpha value is -4.34. The molecule has 0 atom stereocenters. The first kappa shape index (κ1) is 22.5. The average Bonchev–Trinajstić information content (AvgIpc) is 3.25. The topological polar surface area (TPSA) is 97.1 Å². The van der Waals surface area contributed by atoms with Crippen LogP contribution in [-0.2, 0) is 0 Å². The molecule has 2 aromatic heterocycles. The lowest BCUT2D eigenvalue weighted by Gasteiger charge is -2.26. The Bertz CT molecular complexity index is 1320. The zero-order valence-electron chi connectivity index (χ0n) is 19.7. The first-order chi connectivity index (χ1) is 17.2. The summed E-state index contributed by atoms with van der Waals surface area (Å²) >= 11 is 0. The van der Waals surface area contributed by atoms with E-state index in [2.05, 4.69) is 25.3 Å². The van der Waals surface area contributed by atoms with E-state index in [1.165, 1.54) is 6.33 Å². The molecule has 5 rings (SSSR count). The Morgan fingerprint density at radius 2 is 1.77 bits per heavy atom. The van der Waals surface area contributed by atoms with Gasteiger partial charge in [0.25, 0.3) is 5.78 Å². The van der Waals surface area contributed by atoms with Crippen molar-refractivity contribution in [2.75, 3.05) is 50.6 Å². The maximum atomic E-state index is 13.0. The molecule has 0 bridgehead atoms. The molecule has 3 heterocycles. The predicted octanol–water partition coefficient (Wildman–Crippen LogP) is 3.55. The Labute approximate surface area is 203 Å². The number of hydrogen-bond donors (Lipinski definition) is 1. The van der Waals surface area contributed by atoms with E-state index in [0.717, 1.165) is 35.7 Å². The highest BCUT2D eigenvalue weighted by atomic mass is 16.5. The summed E-state index contributed by atoms with van der Waals surface area (Å²) in [5.74, 6) is 2.86. The highest BCUT2D eigenvalue weighted by molar-refractivity contribution is 5.91. The summed E-state index contributed by atoms with van der Waals surface area (Å²) in [6.07, 6.45) is 4.15. The lowest BCUT2D eigenvalue weighted by atomic mass is 10.1. The van der Waals surface area contributed by atoms with Crippen molar-refractivity contribution < 1.29 is 14.3 Å². The number of aromatic nitrogens is 4. The molecule has 35 heavy (non-hydrogen) atoms. The number of urea groups is 1. The fraction of sp³-hybridized carbons (Fsp3) is 0.280. The van der Waals surface area contributed by atoms with E-state index in [0.29, 0.717) is 36.8 Å². The lowest BCUT2D eigenvalue weighted by Crippen LogP contribution is -2.38. The lowest BCUT2D eigenvalue weighted by molar-refractivity contribution is 0.215. The molecule has 1 N–H and O–H groups in total. The molecule has 1 fully saturated rings. The summed E-state index contributed by atoms with van der Waals surface area (Å²) in [6.45, 7) is 2.60. The number of hydrogen-bond acceptors (Lipinski definition) is 7. The van der Waals surface area contributed by atoms with Gasteiger partial charge in [-0.2, -0.15) is 14.6 Å². The van der Waals surface area contributed by atoms with Gasteiger partial charge in [-0.15, -0.1) is 0 Å². The second-order valence-corrected chi connectivity index (χ2v) is 8.15. The largest absolute Gasteiger partial charge is 0.497 e. The van der Waals surface area contributed by atoms with Crippen LogP contribution in [0.3, 0.4) is 0 Å². The molecule has 1 aliphatic heterocycles. The third-order valence-corrected chi connectivity index (χ3v) is 6.11. The Morgan fingerprint density at radius 1 is 0.943 bits per heavy atom. The molecule has 0 unspecified atom stereocenters. The summed E-state index contributed by atoms with van der Waals surface area (Å²) in [4.78, 5) is 25.9. The van der Waals surface area contributed by atoms with Gasteiger partial charge in [0.05, 0.1) is 19.9 Å². The molecule has 180 valence electrons. The van der Waals surface area contributed by atoms with Crippen LogP contribution in [0, 0.1) is 0 Å². The van der Waals surface area contributed by atoms with Gasteiger partial charge < -0.3 is 24.6 Å². The molecule has 1 aliphatic rings. The SMILES string of the molecule is COc1ccc(-c2cnc3ncnn3c2N2CCCN(C(=O)Nc3ccccc3OC)CC2)cc1. The number of nitrogens with one attached hydrogen (secondary N) is 1. The van der Waals surface area contributed by atoms with Crippen molar-refractivity contribution in [2.45, 2.75) is 6.42 Å². The minimum absolute atomic E-state index is 0.146. The van der Waals surface area contributed by atoms with Crippen LogP contribution in [0.15, 0.2) is 61.1 Å². The first-order valence-electron chi connectivity index (χ1n) is 11.4. The number of carbonyl (C=O) groups is 1. The number of nitrogens with zero attached hydrogens (tertiary/aromatic N) is 6. The third kappa shape index (κ3) is 4.54. The molecule has 1 saturated heterocycles. The molecule has 10 heteroatoms. The molecular formula is C25H27N7O3. The van der Waals surface area contributed by atoms with Crippen molar-refractivity contribution in [1.82, 2.24) is 24.5 Å². The number of carbonyl (C=O) groups excluding carboxylic acids is 1. The van der Waals surface area contributed by atoms with Crippen molar-refractivity contribution in [3.05, 3.63) is 61.1 Å². The number of anilines is 2. The van der Waals surface area contributed by atoms with Crippen LogP contribution in [-0.4, -0.2) is 70.9 Å². The monoisotopic (exact) mass is 473 g/mol. The molecule has 2 aromatic carbocycles. The standard InChI is InChI=1S/C25H27N7O3/c1-34-19-10-8-18(9-11-19)20-16-26-24-27-17-28-32(24)23(20)30-12-5-13-31(15-14-30)25(33)29-21-6-3-4-7-22(21)35-2/h3-4,6-11,16-17H,5,12-15H2,1-2H3,(H,29,33).